The summed E-state index contributed by atoms with van der Waals surface area (Å²) in [6, 6.07) is 0.427. The Bertz CT molecular complexity index is 655. The van der Waals surface area contributed by atoms with Crippen LogP contribution in [0, 0.1) is 6.92 Å². The summed E-state index contributed by atoms with van der Waals surface area (Å²) in [5.41, 5.74) is -0.576. The van der Waals surface area contributed by atoms with Crippen LogP contribution in [-0.4, -0.2) is 66.5 Å². The fourth-order valence-corrected chi connectivity index (χ4v) is 4.27. The van der Waals surface area contributed by atoms with Crippen LogP contribution >= 0.6 is 0 Å². The van der Waals surface area contributed by atoms with Gasteiger partial charge in [0, 0.05) is 25.6 Å². The number of rotatable bonds is 4. The molecule has 1 atom stereocenters. The molecule has 0 N–H and O–H groups in total. The van der Waals surface area contributed by atoms with Gasteiger partial charge in [-0.3, -0.25) is 9.59 Å². The first-order valence-electron chi connectivity index (χ1n) is 8.96. The van der Waals surface area contributed by atoms with Gasteiger partial charge >= 0.3 is 0 Å². The van der Waals surface area contributed by atoms with Gasteiger partial charge in [0.1, 0.15) is 11.4 Å². The van der Waals surface area contributed by atoms with Crippen LogP contribution in [0.2, 0.25) is 0 Å². The highest BCUT2D eigenvalue weighted by atomic mass is 16.2. The predicted octanol–water partition coefficient (Wildman–Crippen LogP) is 0.518. The van der Waals surface area contributed by atoms with Crippen molar-refractivity contribution in [3.63, 3.8) is 0 Å². The molecule has 3 aliphatic rings. The molecule has 1 saturated carbocycles. The Morgan fingerprint density at radius 2 is 2.00 bits per heavy atom. The van der Waals surface area contributed by atoms with E-state index in [4.69, 9.17) is 0 Å². The topological polar surface area (TPSA) is 84.2 Å². The Hall–Kier alpha value is -1.99. The minimum atomic E-state index is -0.576. The molecule has 1 aliphatic carbocycles. The molecule has 1 spiro atoms. The van der Waals surface area contributed by atoms with Crippen LogP contribution in [0.4, 0.5) is 0 Å². The van der Waals surface area contributed by atoms with Gasteiger partial charge in [-0.25, -0.2) is 4.68 Å². The van der Waals surface area contributed by atoms with Crippen molar-refractivity contribution in [1.82, 2.24) is 30.0 Å². The van der Waals surface area contributed by atoms with Crippen molar-refractivity contribution in [2.45, 2.75) is 70.0 Å². The van der Waals surface area contributed by atoms with Crippen molar-refractivity contribution < 1.29 is 9.59 Å². The third-order valence-corrected chi connectivity index (χ3v) is 5.67. The van der Waals surface area contributed by atoms with Gasteiger partial charge in [-0.1, -0.05) is 0 Å². The Kier molecular flexibility index (Phi) is 3.77. The second kappa shape index (κ2) is 5.82. The number of likely N-dealkylation sites (tertiary alicyclic amines) is 2. The number of carbonyl (C=O) groups excluding carboxylic acids is 2. The maximum atomic E-state index is 13.1. The summed E-state index contributed by atoms with van der Waals surface area (Å²) in [6.07, 6.45) is 6.11. The molecule has 8 heteroatoms. The molecular formula is C16H24N6O2. The largest absolute Gasteiger partial charge is 0.338 e. The standard InChI is InChI=1S/C16H24N6O2/c1-12-17-18-19-22(12)11-6-14(23)21-10-3-8-16(21)7-2-9-20(15(16)24)13-4-5-13/h13H,2-11H2,1H3. The SMILES string of the molecule is Cc1nnnn1CCC(=O)N1CCCC12CCCN(C1CC1)C2=O. The van der Waals surface area contributed by atoms with Crippen molar-refractivity contribution in [2.75, 3.05) is 13.1 Å². The molecule has 0 aromatic carbocycles. The lowest BCUT2D eigenvalue weighted by Crippen LogP contribution is -2.61. The lowest BCUT2D eigenvalue weighted by molar-refractivity contribution is -0.156. The Labute approximate surface area is 141 Å². The van der Waals surface area contributed by atoms with Gasteiger partial charge in [0.05, 0.1) is 6.54 Å². The zero-order valence-corrected chi connectivity index (χ0v) is 14.1. The van der Waals surface area contributed by atoms with E-state index in [1.54, 1.807) is 4.68 Å². The Morgan fingerprint density at radius 3 is 2.67 bits per heavy atom. The van der Waals surface area contributed by atoms with Crippen molar-refractivity contribution in [3.8, 4) is 0 Å². The molecule has 3 heterocycles. The number of hydrogen-bond donors (Lipinski definition) is 0. The normalized spacial score (nSPS) is 27.3. The molecule has 1 aromatic heterocycles. The summed E-state index contributed by atoms with van der Waals surface area (Å²) in [5, 5.41) is 11.3. The quantitative estimate of drug-likeness (QED) is 0.802. The summed E-state index contributed by atoms with van der Waals surface area (Å²) < 4.78 is 1.64. The number of aromatic nitrogens is 4. The van der Waals surface area contributed by atoms with Crippen molar-refractivity contribution >= 4 is 11.8 Å². The lowest BCUT2D eigenvalue weighted by atomic mass is 9.85. The average Bonchev–Trinajstić information content (AvgIpc) is 3.20. The fourth-order valence-electron chi connectivity index (χ4n) is 4.27. The van der Waals surface area contributed by atoms with Crippen LogP contribution in [0.15, 0.2) is 0 Å². The molecule has 0 bridgehead atoms. The highest BCUT2D eigenvalue weighted by molar-refractivity contribution is 5.93. The van der Waals surface area contributed by atoms with Crippen molar-refractivity contribution in [3.05, 3.63) is 5.82 Å². The van der Waals surface area contributed by atoms with Crippen LogP contribution in [-0.2, 0) is 16.1 Å². The van der Waals surface area contributed by atoms with E-state index < -0.39 is 5.54 Å². The van der Waals surface area contributed by atoms with Crippen LogP contribution in [0.5, 0.6) is 0 Å². The first-order valence-corrected chi connectivity index (χ1v) is 8.96. The molecule has 3 fully saturated rings. The summed E-state index contributed by atoms with van der Waals surface area (Å²) in [7, 11) is 0. The molecule has 130 valence electrons. The molecule has 24 heavy (non-hydrogen) atoms. The fraction of sp³-hybridized carbons (Fsp3) is 0.812. The van der Waals surface area contributed by atoms with Gasteiger partial charge in [0.2, 0.25) is 11.8 Å². The molecule has 1 unspecified atom stereocenters. The average molecular weight is 332 g/mol. The van der Waals surface area contributed by atoms with Gasteiger partial charge in [0.25, 0.3) is 0 Å². The summed E-state index contributed by atoms with van der Waals surface area (Å²) in [4.78, 5) is 29.9. The van der Waals surface area contributed by atoms with E-state index in [9.17, 15) is 9.59 Å². The molecule has 0 radical (unpaired) electrons. The summed E-state index contributed by atoms with van der Waals surface area (Å²) in [5.74, 6) is 0.946. The van der Waals surface area contributed by atoms with Crippen LogP contribution < -0.4 is 0 Å². The number of nitrogens with zero attached hydrogens (tertiary/aromatic N) is 6. The third kappa shape index (κ3) is 2.48. The maximum Gasteiger partial charge on any atom is 0.248 e. The van der Waals surface area contributed by atoms with E-state index in [1.165, 1.54) is 0 Å². The minimum Gasteiger partial charge on any atom is -0.338 e. The van der Waals surface area contributed by atoms with Crippen LogP contribution in [0.1, 0.15) is 50.8 Å². The molecule has 2 amide bonds. The summed E-state index contributed by atoms with van der Waals surface area (Å²) >= 11 is 0. The molecule has 4 rings (SSSR count). The first-order chi connectivity index (χ1) is 11.6. The number of aryl methyl sites for hydroxylation is 2. The predicted molar refractivity (Wildman–Crippen MR) is 84.8 cm³/mol. The zero-order valence-electron chi connectivity index (χ0n) is 14.1. The molecule has 2 aliphatic heterocycles. The van der Waals surface area contributed by atoms with Crippen molar-refractivity contribution in [2.24, 2.45) is 0 Å². The number of hydrogen-bond acceptors (Lipinski definition) is 5. The van der Waals surface area contributed by atoms with E-state index in [0.717, 1.165) is 45.1 Å². The maximum absolute atomic E-state index is 13.1. The highest BCUT2D eigenvalue weighted by Gasteiger charge is 2.54. The van der Waals surface area contributed by atoms with Gasteiger partial charge < -0.3 is 9.80 Å². The third-order valence-electron chi connectivity index (χ3n) is 5.67. The van der Waals surface area contributed by atoms with Gasteiger partial charge in [-0.15, -0.1) is 5.10 Å². The van der Waals surface area contributed by atoms with Gasteiger partial charge in [-0.2, -0.15) is 0 Å². The molecule has 2 saturated heterocycles. The van der Waals surface area contributed by atoms with Crippen molar-refractivity contribution in [1.29, 1.82) is 0 Å². The molecule has 1 aromatic rings. The van der Waals surface area contributed by atoms with E-state index in [0.29, 0.717) is 31.4 Å². The van der Waals surface area contributed by atoms with E-state index in [-0.39, 0.29) is 11.8 Å². The zero-order chi connectivity index (χ0) is 16.7. The lowest BCUT2D eigenvalue weighted by Gasteiger charge is -2.44. The van der Waals surface area contributed by atoms with E-state index >= 15 is 0 Å². The summed E-state index contributed by atoms with van der Waals surface area (Å²) in [6.45, 7) is 3.83. The van der Waals surface area contributed by atoms with E-state index in [1.807, 2.05) is 16.7 Å². The number of tetrazole rings is 1. The highest BCUT2D eigenvalue weighted by Crippen LogP contribution is 2.42. The first kappa shape index (κ1) is 15.5. The second-order valence-corrected chi connectivity index (χ2v) is 7.21. The van der Waals surface area contributed by atoms with Crippen LogP contribution in [0.25, 0.3) is 0 Å². The number of carbonyl (C=O) groups is 2. The van der Waals surface area contributed by atoms with Gasteiger partial charge in [-0.05, 0) is 55.9 Å². The van der Waals surface area contributed by atoms with Crippen LogP contribution in [0.3, 0.4) is 0 Å². The second-order valence-electron chi connectivity index (χ2n) is 7.21. The monoisotopic (exact) mass is 332 g/mol. The molecular weight excluding hydrogens is 308 g/mol. The minimum absolute atomic E-state index is 0.0494. The Morgan fingerprint density at radius 1 is 1.25 bits per heavy atom. The number of piperidine rings is 1. The smallest absolute Gasteiger partial charge is 0.248 e. The van der Waals surface area contributed by atoms with E-state index in [2.05, 4.69) is 15.5 Å². The Balaban J connectivity index is 1.48. The number of amides is 2. The van der Waals surface area contributed by atoms with Gasteiger partial charge in [0.15, 0.2) is 0 Å². The molecule has 8 nitrogen and oxygen atoms in total.